The van der Waals surface area contributed by atoms with Gasteiger partial charge in [-0.1, -0.05) is 12.1 Å². The molecule has 0 saturated carbocycles. The Labute approximate surface area is 103 Å². The van der Waals surface area contributed by atoms with Crippen molar-refractivity contribution in [1.82, 2.24) is 4.98 Å². The number of hydrogen-bond donors (Lipinski definition) is 1. The third-order valence-corrected chi connectivity index (χ3v) is 2.37. The summed E-state index contributed by atoms with van der Waals surface area (Å²) < 4.78 is 13.6. The molecule has 0 spiro atoms. The highest BCUT2D eigenvalue weighted by molar-refractivity contribution is 5.88. The van der Waals surface area contributed by atoms with Crippen LogP contribution in [0.15, 0.2) is 42.6 Å². The van der Waals surface area contributed by atoms with Crippen molar-refractivity contribution in [3.8, 4) is 0 Å². The van der Waals surface area contributed by atoms with Crippen molar-refractivity contribution in [1.29, 1.82) is 0 Å². The third-order valence-electron chi connectivity index (χ3n) is 2.37. The average molecular weight is 243 g/mol. The van der Waals surface area contributed by atoms with Crippen LogP contribution in [0.2, 0.25) is 0 Å². The van der Waals surface area contributed by atoms with Crippen molar-refractivity contribution in [2.45, 2.75) is 0 Å². The zero-order valence-corrected chi connectivity index (χ0v) is 9.38. The Kier molecular flexibility index (Phi) is 3.48. The molecule has 90 valence electrons. The molecular weight excluding hydrogens is 233 g/mol. The molecular formula is C14H10FNO2. The Morgan fingerprint density at radius 1 is 1.22 bits per heavy atom. The van der Waals surface area contributed by atoms with Gasteiger partial charge in [-0.2, -0.15) is 0 Å². The summed E-state index contributed by atoms with van der Waals surface area (Å²) in [5.41, 5.74) is 0.965. The van der Waals surface area contributed by atoms with Gasteiger partial charge in [-0.25, -0.2) is 9.18 Å². The summed E-state index contributed by atoms with van der Waals surface area (Å²) in [6, 6.07) is 9.21. The van der Waals surface area contributed by atoms with E-state index in [-0.39, 0.29) is 5.56 Å². The van der Waals surface area contributed by atoms with Crippen LogP contribution in [0.3, 0.4) is 0 Å². The number of nitrogens with zero attached hydrogens (tertiary/aromatic N) is 1. The van der Waals surface area contributed by atoms with E-state index in [1.165, 1.54) is 12.1 Å². The van der Waals surface area contributed by atoms with Crippen molar-refractivity contribution in [2.75, 3.05) is 0 Å². The van der Waals surface area contributed by atoms with Crippen LogP contribution < -0.4 is 0 Å². The molecule has 3 nitrogen and oxygen atoms in total. The minimum atomic E-state index is -1.14. The first kappa shape index (κ1) is 12.0. The minimum Gasteiger partial charge on any atom is -0.478 e. The lowest BCUT2D eigenvalue weighted by Crippen LogP contribution is -1.97. The molecule has 0 unspecified atom stereocenters. The first-order valence-electron chi connectivity index (χ1n) is 5.29. The fraction of sp³-hybridized carbons (Fsp3) is 0. The van der Waals surface area contributed by atoms with Gasteiger partial charge in [0.1, 0.15) is 5.82 Å². The standard InChI is InChI=1S/C14H10FNO2/c15-13-9-11(14(17)18)5-4-10(13)6-7-12-3-1-2-8-16-12/h1-9H,(H,17,18)/b7-6+. The Hall–Kier alpha value is -2.49. The molecule has 1 aromatic carbocycles. The molecule has 2 rings (SSSR count). The molecule has 0 aliphatic carbocycles. The molecule has 1 heterocycles. The largest absolute Gasteiger partial charge is 0.478 e. The second-order valence-electron chi connectivity index (χ2n) is 3.63. The summed E-state index contributed by atoms with van der Waals surface area (Å²) in [7, 11) is 0. The van der Waals surface area contributed by atoms with Crippen LogP contribution >= 0.6 is 0 Å². The molecule has 1 N–H and O–H groups in total. The first-order valence-corrected chi connectivity index (χ1v) is 5.29. The first-order chi connectivity index (χ1) is 8.66. The van der Waals surface area contributed by atoms with Gasteiger partial charge < -0.3 is 5.11 Å². The van der Waals surface area contributed by atoms with Crippen molar-refractivity contribution in [2.24, 2.45) is 0 Å². The normalized spacial score (nSPS) is 10.7. The molecule has 0 aliphatic rings. The van der Waals surface area contributed by atoms with Crippen LogP contribution in [-0.2, 0) is 0 Å². The maximum absolute atomic E-state index is 13.6. The molecule has 1 aromatic heterocycles. The maximum Gasteiger partial charge on any atom is 0.335 e. The molecule has 0 aliphatic heterocycles. The van der Waals surface area contributed by atoms with E-state index in [1.54, 1.807) is 30.5 Å². The topological polar surface area (TPSA) is 50.2 Å². The monoisotopic (exact) mass is 243 g/mol. The average Bonchev–Trinajstić information content (AvgIpc) is 2.38. The number of benzene rings is 1. The van der Waals surface area contributed by atoms with Crippen LogP contribution in [0.25, 0.3) is 12.2 Å². The molecule has 0 atom stereocenters. The minimum absolute atomic E-state index is 0.0671. The summed E-state index contributed by atoms with van der Waals surface area (Å²) in [5.74, 6) is -1.71. The van der Waals surface area contributed by atoms with E-state index < -0.39 is 11.8 Å². The van der Waals surface area contributed by atoms with Crippen LogP contribution in [0.1, 0.15) is 21.6 Å². The number of carbonyl (C=O) groups is 1. The zero-order chi connectivity index (χ0) is 13.0. The van der Waals surface area contributed by atoms with Crippen LogP contribution in [0.4, 0.5) is 4.39 Å². The molecule has 0 amide bonds. The van der Waals surface area contributed by atoms with Crippen LogP contribution in [-0.4, -0.2) is 16.1 Å². The highest BCUT2D eigenvalue weighted by atomic mass is 19.1. The highest BCUT2D eigenvalue weighted by Crippen LogP contribution is 2.13. The van der Waals surface area contributed by atoms with E-state index >= 15 is 0 Å². The zero-order valence-electron chi connectivity index (χ0n) is 9.38. The molecule has 2 aromatic rings. The van der Waals surface area contributed by atoms with E-state index in [4.69, 9.17) is 5.11 Å². The molecule has 0 radical (unpaired) electrons. The Morgan fingerprint density at radius 2 is 2.06 bits per heavy atom. The van der Waals surface area contributed by atoms with Gasteiger partial charge in [0, 0.05) is 11.8 Å². The summed E-state index contributed by atoms with van der Waals surface area (Å²) in [6.07, 6.45) is 4.87. The predicted molar refractivity (Wildman–Crippen MR) is 66.5 cm³/mol. The van der Waals surface area contributed by atoms with Gasteiger partial charge in [0.25, 0.3) is 0 Å². The number of pyridine rings is 1. The van der Waals surface area contributed by atoms with Gasteiger partial charge in [-0.3, -0.25) is 4.98 Å². The quantitative estimate of drug-likeness (QED) is 0.901. The Bertz CT molecular complexity index is 594. The van der Waals surface area contributed by atoms with E-state index in [1.807, 2.05) is 6.07 Å². The van der Waals surface area contributed by atoms with Gasteiger partial charge in [0.15, 0.2) is 0 Å². The van der Waals surface area contributed by atoms with Crippen LogP contribution in [0, 0.1) is 5.82 Å². The summed E-state index contributed by atoms with van der Waals surface area (Å²) in [6.45, 7) is 0. The Morgan fingerprint density at radius 3 is 2.67 bits per heavy atom. The number of halogens is 1. The molecule has 4 heteroatoms. The van der Waals surface area contributed by atoms with Gasteiger partial charge in [-0.15, -0.1) is 0 Å². The number of rotatable bonds is 3. The number of aromatic carboxylic acids is 1. The van der Waals surface area contributed by atoms with E-state index in [0.717, 1.165) is 6.07 Å². The SMILES string of the molecule is O=C(O)c1ccc(/C=C/c2ccccn2)c(F)c1. The predicted octanol–water partition coefficient (Wildman–Crippen LogP) is 3.09. The molecule has 0 fully saturated rings. The van der Waals surface area contributed by atoms with Gasteiger partial charge in [0.05, 0.1) is 11.3 Å². The number of carboxylic acid groups (broad SMARTS) is 1. The molecule has 0 saturated heterocycles. The van der Waals surface area contributed by atoms with E-state index in [9.17, 15) is 9.18 Å². The van der Waals surface area contributed by atoms with Crippen molar-refractivity contribution in [3.63, 3.8) is 0 Å². The summed E-state index contributed by atoms with van der Waals surface area (Å²) >= 11 is 0. The highest BCUT2D eigenvalue weighted by Gasteiger charge is 2.06. The lowest BCUT2D eigenvalue weighted by Gasteiger charge is -1.99. The smallest absolute Gasteiger partial charge is 0.335 e. The molecule has 0 bridgehead atoms. The van der Waals surface area contributed by atoms with Gasteiger partial charge in [-0.05, 0) is 36.4 Å². The van der Waals surface area contributed by atoms with E-state index in [2.05, 4.69) is 4.98 Å². The van der Waals surface area contributed by atoms with Crippen LogP contribution in [0.5, 0.6) is 0 Å². The Balaban J connectivity index is 2.25. The lowest BCUT2D eigenvalue weighted by atomic mass is 10.1. The molecule has 18 heavy (non-hydrogen) atoms. The van der Waals surface area contributed by atoms with Crippen molar-refractivity contribution >= 4 is 18.1 Å². The second kappa shape index (κ2) is 5.23. The van der Waals surface area contributed by atoms with Crippen molar-refractivity contribution in [3.05, 3.63) is 65.2 Å². The fourth-order valence-corrected chi connectivity index (χ4v) is 1.45. The third kappa shape index (κ3) is 2.79. The number of hydrogen-bond acceptors (Lipinski definition) is 2. The van der Waals surface area contributed by atoms with Gasteiger partial charge in [0.2, 0.25) is 0 Å². The van der Waals surface area contributed by atoms with Crippen molar-refractivity contribution < 1.29 is 14.3 Å². The number of aromatic nitrogens is 1. The number of carboxylic acids is 1. The summed E-state index contributed by atoms with van der Waals surface area (Å²) in [4.78, 5) is 14.7. The van der Waals surface area contributed by atoms with E-state index in [0.29, 0.717) is 11.3 Å². The summed E-state index contributed by atoms with van der Waals surface area (Å²) in [5, 5.41) is 8.71. The maximum atomic E-state index is 13.6. The van der Waals surface area contributed by atoms with Gasteiger partial charge >= 0.3 is 5.97 Å². The second-order valence-corrected chi connectivity index (χ2v) is 3.63. The lowest BCUT2D eigenvalue weighted by molar-refractivity contribution is 0.0696. The fourth-order valence-electron chi connectivity index (χ4n) is 1.45.